The summed E-state index contributed by atoms with van der Waals surface area (Å²) in [5, 5.41) is 0. The number of ether oxygens (including phenoxy) is 1. The van der Waals surface area contributed by atoms with Crippen LogP contribution in [0, 0.1) is 0 Å². The summed E-state index contributed by atoms with van der Waals surface area (Å²) >= 11 is 0. The molecule has 0 saturated heterocycles. The number of carbonyl (C=O) groups excluding carboxylic acids is 1. The van der Waals surface area contributed by atoms with Crippen LogP contribution in [0.25, 0.3) is 0 Å². The van der Waals surface area contributed by atoms with Crippen LogP contribution in [0.1, 0.15) is 38.4 Å². The van der Waals surface area contributed by atoms with Gasteiger partial charge in [-0.15, -0.1) is 0 Å². The molecule has 2 nitrogen and oxygen atoms in total. The Labute approximate surface area is 84.9 Å². The van der Waals surface area contributed by atoms with E-state index >= 15 is 0 Å². The average molecular weight is 192 g/mol. The SMILES string of the molecule is CCCC(=O)O[C@@H](C)c1ccccc1. The highest BCUT2D eigenvalue weighted by Gasteiger charge is 2.09. The number of benzene rings is 1. The van der Waals surface area contributed by atoms with Gasteiger partial charge in [-0.25, -0.2) is 0 Å². The monoisotopic (exact) mass is 192 g/mol. The molecule has 2 heteroatoms. The fourth-order valence-electron chi connectivity index (χ4n) is 1.25. The summed E-state index contributed by atoms with van der Waals surface area (Å²) in [5.74, 6) is -0.121. The van der Waals surface area contributed by atoms with E-state index in [4.69, 9.17) is 4.74 Å². The van der Waals surface area contributed by atoms with Gasteiger partial charge in [-0.2, -0.15) is 0 Å². The molecule has 0 unspecified atom stereocenters. The summed E-state index contributed by atoms with van der Waals surface area (Å²) in [4.78, 5) is 11.2. The molecule has 14 heavy (non-hydrogen) atoms. The molecule has 0 aliphatic heterocycles. The minimum Gasteiger partial charge on any atom is -0.458 e. The molecule has 0 N–H and O–H groups in total. The number of hydrogen-bond acceptors (Lipinski definition) is 2. The molecule has 1 aromatic carbocycles. The lowest BCUT2D eigenvalue weighted by Gasteiger charge is -2.12. The van der Waals surface area contributed by atoms with E-state index in [0.29, 0.717) is 6.42 Å². The summed E-state index contributed by atoms with van der Waals surface area (Å²) in [7, 11) is 0. The van der Waals surface area contributed by atoms with Gasteiger partial charge in [0.15, 0.2) is 0 Å². The zero-order valence-corrected chi connectivity index (χ0v) is 8.69. The highest BCUT2D eigenvalue weighted by Crippen LogP contribution is 2.16. The summed E-state index contributed by atoms with van der Waals surface area (Å²) in [6, 6.07) is 9.76. The van der Waals surface area contributed by atoms with Crippen LogP contribution in [0.15, 0.2) is 30.3 Å². The molecule has 0 heterocycles. The minimum atomic E-state index is -0.143. The van der Waals surface area contributed by atoms with Crippen molar-refractivity contribution in [1.82, 2.24) is 0 Å². The van der Waals surface area contributed by atoms with Crippen molar-refractivity contribution in [3.63, 3.8) is 0 Å². The molecule has 1 atom stereocenters. The number of rotatable bonds is 4. The predicted octanol–water partition coefficient (Wildman–Crippen LogP) is 3.09. The third-order valence-electron chi connectivity index (χ3n) is 2.03. The predicted molar refractivity (Wildman–Crippen MR) is 55.9 cm³/mol. The van der Waals surface area contributed by atoms with Crippen LogP contribution in [-0.2, 0) is 9.53 Å². The van der Waals surface area contributed by atoms with Crippen LogP contribution < -0.4 is 0 Å². The lowest BCUT2D eigenvalue weighted by atomic mass is 10.1. The number of esters is 1. The molecule has 1 aromatic rings. The van der Waals surface area contributed by atoms with Crippen LogP contribution >= 0.6 is 0 Å². The third-order valence-corrected chi connectivity index (χ3v) is 2.03. The van der Waals surface area contributed by atoms with Crippen molar-refractivity contribution in [2.45, 2.75) is 32.8 Å². The lowest BCUT2D eigenvalue weighted by molar-refractivity contribution is -0.148. The molecule has 0 radical (unpaired) electrons. The Morgan fingerprint density at radius 3 is 2.57 bits per heavy atom. The van der Waals surface area contributed by atoms with E-state index in [-0.39, 0.29) is 12.1 Å². The fourth-order valence-corrected chi connectivity index (χ4v) is 1.25. The summed E-state index contributed by atoms with van der Waals surface area (Å²) in [6.07, 6.45) is 1.19. The lowest BCUT2D eigenvalue weighted by Crippen LogP contribution is -2.07. The highest BCUT2D eigenvalue weighted by molar-refractivity contribution is 5.69. The van der Waals surface area contributed by atoms with Gasteiger partial charge in [-0.05, 0) is 18.9 Å². The van der Waals surface area contributed by atoms with Crippen molar-refractivity contribution in [2.24, 2.45) is 0 Å². The molecule has 0 bridgehead atoms. The Hall–Kier alpha value is -1.31. The highest BCUT2D eigenvalue weighted by atomic mass is 16.5. The molecule has 0 fully saturated rings. The first-order valence-electron chi connectivity index (χ1n) is 4.98. The van der Waals surface area contributed by atoms with Crippen LogP contribution in [0.3, 0.4) is 0 Å². The first-order valence-corrected chi connectivity index (χ1v) is 4.98. The van der Waals surface area contributed by atoms with Crippen molar-refractivity contribution < 1.29 is 9.53 Å². The molecule has 0 aliphatic rings. The van der Waals surface area contributed by atoms with E-state index in [9.17, 15) is 4.79 Å². The molecular formula is C12H16O2. The van der Waals surface area contributed by atoms with Gasteiger partial charge in [-0.1, -0.05) is 37.3 Å². The molecule has 1 rings (SSSR count). The standard InChI is InChI=1S/C12H16O2/c1-3-7-12(13)14-10(2)11-8-5-4-6-9-11/h4-6,8-10H,3,7H2,1-2H3/t10-/m0/s1. The molecule has 0 amide bonds. The average Bonchev–Trinajstić information content (AvgIpc) is 2.19. The van der Waals surface area contributed by atoms with Crippen molar-refractivity contribution in [1.29, 1.82) is 0 Å². The quantitative estimate of drug-likeness (QED) is 0.685. The second kappa shape index (κ2) is 5.43. The maximum atomic E-state index is 11.2. The van der Waals surface area contributed by atoms with E-state index in [1.54, 1.807) is 0 Å². The summed E-state index contributed by atoms with van der Waals surface area (Å²) < 4.78 is 5.24. The topological polar surface area (TPSA) is 26.3 Å². The van der Waals surface area contributed by atoms with E-state index in [1.165, 1.54) is 0 Å². The van der Waals surface area contributed by atoms with Crippen molar-refractivity contribution >= 4 is 5.97 Å². The first kappa shape index (κ1) is 10.8. The largest absolute Gasteiger partial charge is 0.458 e. The molecule has 0 saturated carbocycles. The molecule has 76 valence electrons. The molecule has 0 aromatic heterocycles. The second-order valence-electron chi connectivity index (χ2n) is 3.29. The molecular weight excluding hydrogens is 176 g/mol. The fraction of sp³-hybridized carbons (Fsp3) is 0.417. The van der Waals surface area contributed by atoms with Gasteiger partial charge in [0, 0.05) is 6.42 Å². The van der Waals surface area contributed by atoms with Crippen LogP contribution in [0.4, 0.5) is 0 Å². The van der Waals surface area contributed by atoms with Crippen LogP contribution in [0.5, 0.6) is 0 Å². The normalized spacial score (nSPS) is 12.1. The zero-order chi connectivity index (χ0) is 10.4. The summed E-state index contributed by atoms with van der Waals surface area (Å²) in [5.41, 5.74) is 1.04. The molecule has 0 spiro atoms. The van der Waals surface area contributed by atoms with Gasteiger partial charge >= 0.3 is 5.97 Å². The van der Waals surface area contributed by atoms with E-state index in [2.05, 4.69) is 0 Å². The van der Waals surface area contributed by atoms with Gasteiger partial charge in [0.05, 0.1) is 0 Å². The van der Waals surface area contributed by atoms with E-state index < -0.39 is 0 Å². The van der Waals surface area contributed by atoms with Crippen molar-refractivity contribution in [3.05, 3.63) is 35.9 Å². The Bertz CT molecular complexity index is 280. The summed E-state index contributed by atoms with van der Waals surface area (Å²) in [6.45, 7) is 3.86. The Kier molecular flexibility index (Phi) is 4.17. The van der Waals surface area contributed by atoms with E-state index in [1.807, 2.05) is 44.2 Å². The van der Waals surface area contributed by atoms with E-state index in [0.717, 1.165) is 12.0 Å². The third kappa shape index (κ3) is 3.21. The van der Waals surface area contributed by atoms with Gasteiger partial charge in [0.1, 0.15) is 6.10 Å². The van der Waals surface area contributed by atoms with Crippen LogP contribution in [0.2, 0.25) is 0 Å². The second-order valence-corrected chi connectivity index (χ2v) is 3.29. The number of carbonyl (C=O) groups is 1. The van der Waals surface area contributed by atoms with Crippen molar-refractivity contribution in [3.8, 4) is 0 Å². The number of hydrogen-bond donors (Lipinski definition) is 0. The van der Waals surface area contributed by atoms with Gasteiger partial charge in [0.2, 0.25) is 0 Å². The molecule has 0 aliphatic carbocycles. The smallest absolute Gasteiger partial charge is 0.306 e. The zero-order valence-electron chi connectivity index (χ0n) is 8.69. The maximum absolute atomic E-state index is 11.2. The Balaban J connectivity index is 2.50. The Morgan fingerprint density at radius 1 is 1.36 bits per heavy atom. The van der Waals surface area contributed by atoms with Gasteiger partial charge in [0.25, 0.3) is 0 Å². The Morgan fingerprint density at radius 2 is 2.00 bits per heavy atom. The van der Waals surface area contributed by atoms with Gasteiger partial charge in [-0.3, -0.25) is 4.79 Å². The van der Waals surface area contributed by atoms with Gasteiger partial charge < -0.3 is 4.74 Å². The maximum Gasteiger partial charge on any atom is 0.306 e. The van der Waals surface area contributed by atoms with Crippen molar-refractivity contribution in [2.75, 3.05) is 0 Å². The minimum absolute atomic E-state index is 0.121. The van der Waals surface area contributed by atoms with Crippen LogP contribution in [-0.4, -0.2) is 5.97 Å². The first-order chi connectivity index (χ1) is 6.74.